The van der Waals surface area contributed by atoms with Crippen molar-refractivity contribution in [1.29, 1.82) is 0 Å². The molecule has 1 aliphatic carbocycles. The van der Waals surface area contributed by atoms with Gasteiger partial charge in [-0.25, -0.2) is 0 Å². The Labute approximate surface area is 187 Å². The van der Waals surface area contributed by atoms with Crippen LogP contribution in [0.3, 0.4) is 0 Å². The van der Waals surface area contributed by atoms with Gasteiger partial charge in [-0.15, -0.1) is 0 Å². The molecule has 2 heterocycles. The van der Waals surface area contributed by atoms with Crippen LogP contribution in [0.1, 0.15) is 83.4 Å². The van der Waals surface area contributed by atoms with Gasteiger partial charge in [0, 0.05) is 13.5 Å². The Hall–Kier alpha value is -1.88. The van der Waals surface area contributed by atoms with E-state index in [1.165, 1.54) is 36.9 Å². The third-order valence-electron chi connectivity index (χ3n) is 7.85. The lowest BCUT2D eigenvalue weighted by molar-refractivity contribution is -0.146. The van der Waals surface area contributed by atoms with E-state index in [2.05, 4.69) is 55.3 Å². The van der Waals surface area contributed by atoms with E-state index in [9.17, 15) is 9.59 Å². The van der Waals surface area contributed by atoms with Crippen molar-refractivity contribution in [3.63, 3.8) is 0 Å². The summed E-state index contributed by atoms with van der Waals surface area (Å²) in [5, 5.41) is 3.29. The van der Waals surface area contributed by atoms with Crippen LogP contribution in [0, 0.1) is 5.41 Å². The largest absolute Gasteiger partial charge is 0.347 e. The van der Waals surface area contributed by atoms with Crippen LogP contribution in [0.2, 0.25) is 0 Å². The fourth-order valence-electron chi connectivity index (χ4n) is 5.67. The normalized spacial score (nSPS) is 25.6. The van der Waals surface area contributed by atoms with Crippen molar-refractivity contribution >= 4 is 11.8 Å². The second-order valence-corrected chi connectivity index (χ2v) is 11.1. The van der Waals surface area contributed by atoms with Gasteiger partial charge in [-0.1, -0.05) is 45.0 Å². The summed E-state index contributed by atoms with van der Waals surface area (Å²) >= 11 is 0. The van der Waals surface area contributed by atoms with E-state index in [0.717, 1.165) is 32.4 Å². The number of fused-ring (bicyclic) bond motifs is 2. The van der Waals surface area contributed by atoms with Crippen molar-refractivity contribution < 1.29 is 9.59 Å². The maximum atomic E-state index is 12.9. The highest BCUT2D eigenvalue weighted by Gasteiger charge is 2.43. The molecule has 1 spiro atoms. The van der Waals surface area contributed by atoms with Gasteiger partial charge >= 0.3 is 0 Å². The number of benzene rings is 1. The van der Waals surface area contributed by atoms with E-state index in [0.29, 0.717) is 12.0 Å². The van der Waals surface area contributed by atoms with Crippen LogP contribution in [0.25, 0.3) is 0 Å². The lowest BCUT2D eigenvalue weighted by Crippen LogP contribution is -2.58. The zero-order valence-electron chi connectivity index (χ0n) is 19.7. The average molecular weight is 426 g/mol. The van der Waals surface area contributed by atoms with Gasteiger partial charge in [-0.3, -0.25) is 9.59 Å². The summed E-state index contributed by atoms with van der Waals surface area (Å²) in [4.78, 5) is 28.9. The molecule has 0 saturated carbocycles. The second-order valence-electron chi connectivity index (χ2n) is 11.1. The molecule has 2 aliphatic heterocycles. The molecule has 5 nitrogen and oxygen atoms in total. The van der Waals surface area contributed by atoms with Crippen LogP contribution >= 0.6 is 0 Å². The van der Waals surface area contributed by atoms with Gasteiger partial charge in [0.05, 0.1) is 6.04 Å². The van der Waals surface area contributed by atoms with Gasteiger partial charge in [0.2, 0.25) is 11.8 Å². The predicted molar refractivity (Wildman–Crippen MR) is 124 cm³/mol. The predicted octanol–water partition coefficient (Wildman–Crippen LogP) is 4.03. The Bertz CT molecular complexity index is 820. The van der Waals surface area contributed by atoms with E-state index in [4.69, 9.17) is 0 Å². The molecule has 5 heteroatoms. The Morgan fingerprint density at radius 1 is 1.06 bits per heavy atom. The highest BCUT2D eigenvalue weighted by atomic mass is 16.2. The van der Waals surface area contributed by atoms with Gasteiger partial charge in [0.1, 0.15) is 6.04 Å². The second kappa shape index (κ2) is 8.57. The number of piperidine rings is 1. The number of carbonyl (C=O) groups excluding carboxylic acids is 2. The smallest absolute Gasteiger partial charge is 0.243 e. The fourth-order valence-corrected chi connectivity index (χ4v) is 5.67. The first-order valence-electron chi connectivity index (χ1n) is 12.1. The molecule has 2 saturated heterocycles. The number of hydrogen-bond donors (Lipinski definition) is 1. The van der Waals surface area contributed by atoms with Crippen LogP contribution in [-0.4, -0.2) is 53.8 Å². The van der Waals surface area contributed by atoms with E-state index < -0.39 is 0 Å². The zero-order valence-corrected chi connectivity index (χ0v) is 19.7. The van der Waals surface area contributed by atoms with Crippen molar-refractivity contribution in [2.75, 3.05) is 26.2 Å². The summed E-state index contributed by atoms with van der Waals surface area (Å²) in [6, 6.07) is 8.52. The maximum absolute atomic E-state index is 12.9. The summed E-state index contributed by atoms with van der Waals surface area (Å²) in [5.74, 6) is 0.00169. The van der Waals surface area contributed by atoms with Gasteiger partial charge in [0.25, 0.3) is 0 Å². The highest BCUT2D eigenvalue weighted by molar-refractivity contribution is 5.88. The number of hydrogen-bond acceptors (Lipinski definition) is 3. The molecule has 3 aliphatic rings. The van der Waals surface area contributed by atoms with Gasteiger partial charge in [0.15, 0.2) is 0 Å². The van der Waals surface area contributed by atoms with Gasteiger partial charge in [-0.2, -0.15) is 0 Å². The Morgan fingerprint density at radius 2 is 1.77 bits per heavy atom. The molecule has 0 radical (unpaired) electrons. The summed E-state index contributed by atoms with van der Waals surface area (Å²) < 4.78 is 0. The minimum atomic E-state index is -0.286. The molecule has 4 rings (SSSR count). The number of rotatable bonds is 4. The van der Waals surface area contributed by atoms with Gasteiger partial charge < -0.3 is 15.1 Å². The Morgan fingerprint density at radius 3 is 2.39 bits per heavy atom. The molecule has 1 aromatic rings. The van der Waals surface area contributed by atoms with E-state index >= 15 is 0 Å². The molecule has 31 heavy (non-hydrogen) atoms. The molecule has 2 fully saturated rings. The number of carbonyl (C=O) groups is 2. The summed E-state index contributed by atoms with van der Waals surface area (Å²) in [5.41, 5.74) is 3.37. The van der Waals surface area contributed by atoms with E-state index in [1.54, 1.807) is 11.8 Å². The summed E-state index contributed by atoms with van der Waals surface area (Å²) in [7, 11) is 0. The molecule has 1 N–H and O–H groups in total. The fraction of sp³-hybridized carbons (Fsp3) is 0.692. The standard InChI is InChI=1S/C26H39N3O2/c1-19(30)29-15-10-23(29)24(31)27-22-9-11-26(21-8-6-5-7-20(21)22)13-17-28(18-14-26)16-12-25(2,3)4/h5-8,22-23H,9-18H2,1-4H3,(H,27,31)/t22-,23?/m0/s1. The van der Waals surface area contributed by atoms with E-state index in [1.807, 2.05) is 0 Å². The van der Waals surface area contributed by atoms with Crippen molar-refractivity contribution in [3.05, 3.63) is 35.4 Å². The molecule has 0 aromatic heterocycles. The van der Waals surface area contributed by atoms with Crippen molar-refractivity contribution in [1.82, 2.24) is 15.1 Å². The first-order chi connectivity index (χ1) is 14.7. The third-order valence-corrected chi connectivity index (χ3v) is 7.85. The molecular formula is C26H39N3O2. The Balaban J connectivity index is 1.43. The minimum Gasteiger partial charge on any atom is -0.347 e. The lowest BCUT2D eigenvalue weighted by Gasteiger charge is -2.48. The number of nitrogens with one attached hydrogen (secondary N) is 1. The highest BCUT2D eigenvalue weighted by Crippen LogP contribution is 2.48. The average Bonchev–Trinajstić information content (AvgIpc) is 2.68. The van der Waals surface area contributed by atoms with Crippen LogP contribution in [-0.2, 0) is 15.0 Å². The molecular weight excluding hydrogens is 386 g/mol. The minimum absolute atomic E-state index is 0.00684. The SMILES string of the molecule is CC(=O)N1CCC1C(=O)N[C@H]1CCC2(CCN(CCC(C)(C)C)CC2)c2ccccc21. The van der Waals surface area contributed by atoms with Crippen LogP contribution in [0.5, 0.6) is 0 Å². The molecule has 170 valence electrons. The third kappa shape index (κ3) is 4.67. The van der Waals surface area contributed by atoms with Crippen molar-refractivity contribution in [3.8, 4) is 0 Å². The monoisotopic (exact) mass is 425 g/mol. The molecule has 1 aromatic carbocycles. The first kappa shape index (κ1) is 22.3. The lowest BCUT2D eigenvalue weighted by atomic mass is 9.63. The van der Waals surface area contributed by atoms with E-state index in [-0.39, 0.29) is 29.3 Å². The maximum Gasteiger partial charge on any atom is 0.243 e. The van der Waals surface area contributed by atoms with Crippen LogP contribution < -0.4 is 5.32 Å². The summed E-state index contributed by atoms with van der Waals surface area (Å²) in [6.07, 6.45) is 6.53. The first-order valence-corrected chi connectivity index (χ1v) is 12.1. The quantitative estimate of drug-likeness (QED) is 0.792. The van der Waals surface area contributed by atoms with Crippen LogP contribution in [0.15, 0.2) is 24.3 Å². The number of nitrogens with zero attached hydrogens (tertiary/aromatic N) is 2. The topological polar surface area (TPSA) is 52.7 Å². The van der Waals surface area contributed by atoms with Gasteiger partial charge in [-0.05, 0) is 80.1 Å². The zero-order chi connectivity index (χ0) is 22.2. The summed E-state index contributed by atoms with van der Waals surface area (Å²) in [6.45, 7) is 12.7. The van der Waals surface area contributed by atoms with Crippen LogP contribution in [0.4, 0.5) is 0 Å². The Kier molecular flexibility index (Phi) is 6.17. The molecule has 1 unspecified atom stereocenters. The molecule has 2 amide bonds. The number of likely N-dealkylation sites (tertiary alicyclic amines) is 2. The number of amides is 2. The van der Waals surface area contributed by atoms with Crippen molar-refractivity contribution in [2.45, 2.75) is 83.7 Å². The van der Waals surface area contributed by atoms with Crippen molar-refractivity contribution in [2.24, 2.45) is 5.41 Å². The molecule has 0 bridgehead atoms. The molecule has 2 atom stereocenters.